The van der Waals surface area contributed by atoms with Crippen LogP contribution >= 0.6 is 0 Å². The third-order valence-corrected chi connectivity index (χ3v) is 5.69. The molecule has 1 saturated heterocycles. The summed E-state index contributed by atoms with van der Waals surface area (Å²) in [4.78, 5) is 18.5. The largest absolute Gasteiger partial charge is 0.481 e. The van der Waals surface area contributed by atoms with E-state index in [4.69, 9.17) is 0 Å². The quantitative estimate of drug-likeness (QED) is 0.872. The predicted octanol–water partition coefficient (Wildman–Crippen LogP) is 3.47. The number of hydrogen-bond donors (Lipinski definition) is 1. The van der Waals surface area contributed by atoms with E-state index >= 15 is 0 Å². The number of imidazole rings is 1. The zero-order valence-corrected chi connectivity index (χ0v) is 14.2. The average Bonchev–Trinajstić information content (AvgIpc) is 3.18. The Morgan fingerprint density at radius 1 is 1.39 bits per heavy atom. The molecule has 1 unspecified atom stereocenters. The molecular weight excluding hydrogens is 290 g/mol. The van der Waals surface area contributed by atoms with Crippen molar-refractivity contribution in [2.45, 2.75) is 70.9 Å². The van der Waals surface area contributed by atoms with Gasteiger partial charge in [0, 0.05) is 25.3 Å². The van der Waals surface area contributed by atoms with Crippen molar-refractivity contribution in [2.24, 2.45) is 5.41 Å². The number of carbonyl (C=O) groups is 1. The summed E-state index contributed by atoms with van der Waals surface area (Å²) in [5.41, 5.74) is 0.695. The molecule has 2 fully saturated rings. The molecule has 0 spiro atoms. The molecule has 128 valence electrons. The van der Waals surface area contributed by atoms with E-state index in [0.29, 0.717) is 12.6 Å². The van der Waals surface area contributed by atoms with Crippen molar-refractivity contribution in [2.75, 3.05) is 13.1 Å². The monoisotopic (exact) mass is 319 g/mol. The van der Waals surface area contributed by atoms with Crippen LogP contribution in [-0.4, -0.2) is 38.6 Å². The minimum absolute atomic E-state index is 0.550. The lowest BCUT2D eigenvalue weighted by Gasteiger charge is -2.40. The van der Waals surface area contributed by atoms with Gasteiger partial charge >= 0.3 is 5.97 Å². The van der Waals surface area contributed by atoms with Crippen molar-refractivity contribution in [3.8, 4) is 0 Å². The maximum atomic E-state index is 11.8. The number of hydrogen-bond acceptors (Lipinski definition) is 3. The lowest BCUT2D eigenvalue weighted by atomic mass is 9.76. The Hall–Kier alpha value is -1.36. The Bertz CT molecular complexity index is 532. The molecule has 1 aliphatic heterocycles. The minimum atomic E-state index is -0.617. The van der Waals surface area contributed by atoms with Crippen LogP contribution in [0, 0.1) is 5.41 Å². The van der Waals surface area contributed by atoms with Gasteiger partial charge in [-0.3, -0.25) is 9.69 Å². The number of likely N-dealkylation sites (tertiary alicyclic amines) is 1. The van der Waals surface area contributed by atoms with Crippen LogP contribution in [0.5, 0.6) is 0 Å². The second kappa shape index (κ2) is 7.04. The van der Waals surface area contributed by atoms with E-state index in [9.17, 15) is 9.90 Å². The molecule has 1 aliphatic carbocycles. The standard InChI is InChI=1S/C18H29N3O2/c1-2-8-18(17(22)23)9-5-10-20(13-18)12-16-11-19-14-21(16)15-6-3-4-7-15/h11,14-15H,2-10,12-13H2,1H3,(H,22,23). The minimum Gasteiger partial charge on any atom is -0.481 e. The van der Waals surface area contributed by atoms with Crippen LogP contribution in [-0.2, 0) is 11.3 Å². The van der Waals surface area contributed by atoms with Crippen molar-refractivity contribution < 1.29 is 9.90 Å². The van der Waals surface area contributed by atoms with Gasteiger partial charge in [-0.05, 0) is 38.6 Å². The van der Waals surface area contributed by atoms with E-state index in [1.54, 1.807) is 0 Å². The molecular formula is C18H29N3O2. The first-order valence-electron chi connectivity index (χ1n) is 9.11. The summed E-state index contributed by atoms with van der Waals surface area (Å²) >= 11 is 0. The van der Waals surface area contributed by atoms with Crippen LogP contribution < -0.4 is 0 Å². The fraction of sp³-hybridized carbons (Fsp3) is 0.778. The van der Waals surface area contributed by atoms with Gasteiger partial charge in [0.25, 0.3) is 0 Å². The van der Waals surface area contributed by atoms with Gasteiger partial charge in [0.1, 0.15) is 0 Å². The summed E-state index contributed by atoms with van der Waals surface area (Å²) in [6, 6.07) is 0.595. The molecule has 2 heterocycles. The molecule has 1 N–H and O–H groups in total. The molecule has 0 radical (unpaired) electrons. The van der Waals surface area contributed by atoms with Gasteiger partial charge in [0.05, 0.1) is 17.4 Å². The maximum absolute atomic E-state index is 11.8. The van der Waals surface area contributed by atoms with Crippen molar-refractivity contribution in [1.82, 2.24) is 14.5 Å². The fourth-order valence-corrected chi connectivity index (χ4v) is 4.52. The first kappa shape index (κ1) is 16.5. The van der Waals surface area contributed by atoms with Crippen LogP contribution in [0.25, 0.3) is 0 Å². The van der Waals surface area contributed by atoms with Gasteiger partial charge in [-0.15, -0.1) is 0 Å². The van der Waals surface area contributed by atoms with Gasteiger partial charge in [-0.25, -0.2) is 4.98 Å². The van der Waals surface area contributed by atoms with Crippen LogP contribution in [0.3, 0.4) is 0 Å². The second-order valence-corrected chi connectivity index (χ2v) is 7.38. The molecule has 5 heteroatoms. The number of carboxylic acid groups (broad SMARTS) is 1. The molecule has 1 aromatic rings. The Labute approximate surface area is 138 Å². The highest BCUT2D eigenvalue weighted by Crippen LogP contribution is 2.36. The van der Waals surface area contributed by atoms with E-state index in [1.165, 1.54) is 31.4 Å². The highest BCUT2D eigenvalue weighted by Gasteiger charge is 2.41. The normalized spacial score (nSPS) is 26.7. The molecule has 0 amide bonds. The molecule has 1 atom stereocenters. The molecule has 3 rings (SSSR count). The first-order chi connectivity index (χ1) is 11.1. The Balaban J connectivity index is 1.70. The number of rotatable bonds is 6. The zero-order valence-electron chi connectivity index (χ0n) is 14.2. The van der Waals surface area contributed by atoms with E-state index in [2.05, 4.69) is 21.4 Å². The van der Waals surface area contributed by atoms with Crippen LogP contribution in [0.15, 0.2) is 12.5 Å². The highest BCUT2D eigenvalue weighted by atomic mass is 16.4. The summed E-state index contributed by atoms with van der Waals surface area (Å²) in [6.07, 6.45) is 12.5. The van der Waals surface area contributed by atoms with E-state index < -0.39 is 11.4 Å². The van der Waals surface area contributed by atoms with Gasteiger partial charge in [0.15, 0.2) is 0 Å². The molecule has 2 aliphatic rings. The molecule has 0 bridgehead atoms. The van der Waals surface area contributed by atoms with Crippen molar-refractivity contribution >= 4 is 5.97 Å². The number of aromatic nitrogens is 2. The SMILES string of the molecule is CCCC1(C(=O)O)CCCN(Cc2cncn2C2CCCC2)C1. The molecule has 1 aromatic heterocycles. The van der Waals surface area contributed by atoms with Gasteiger partial charge in [-0.2, -0.15) is 0 Å². The van der Waals surface area contributed by atoms with Crippen LogP contribution in [0.1, 0.15) is 70.0 Å². The summed E-state index contributed by atoms with van der Waals surface area (Å²) in [7, 11) is 0. The summed E-state index contributed by atoms with van der Waals surface area (Å²) in [6.45, 7) is 4.58. The zero-order chi connectivity index (χ0) is 16.3. The maximum Gasteiger partial charge on any atom is 0.310 e. The average molecular weight is 319 g/mol. The number of carboxylic acids is 1. The smallest absolute Gasteiger partial charge is 0.310 e. The van der Waals surface area contributed by atoms with E-state index in [-0.39, 0.29) is 0 Å². The first-order valence-corrected chi connectivity index (χ1v) is 9.11. The third kappa shape index (κ3) is 3.44. The summed E-state index contributed by atoms with van der Waals surface area (Å²) in [5.74, 6) is -0.617. The second-order valence-electron chi connectivity index (χ2n) is 7.38. The van der Waals surface area contributed by atoms with Crippen molar-refractivity contribution in [1.29, 1.82) is 0 Å². The molecule has 0 aromatic carbocycles. The topological polar surface area (TPSA) is 58.4 Å². The summed E-state index contributed by atoms with van der Waals surface area (Å²) < 4.78 is 2.34. The van der Waals surface area contributed by atoms with Gasteiger partial charge in [-0.1, -0.05) is 26.2 Å². The molecule has 1 saturated carbocycles. The number of nitrogens with zero attached hydrogens (tertiary/aromatic N) is 3. The molecule has 23 heavy (non-hydrogen) atoms. The Kier molecular flexibility index (Phi) is 5.05. The van der Waals surface area contributed by atoms with Crippen molar-refractivity contribution in [3.05, 3.63) is 18.2 Å². The van der Waals surface area contributed by atoms with Gasteiger partial charge in [0.2, 0.25) is 0 Å². The lowest BCUT2D eigenvalue weighted by Crippen LogP contribution is -2.47. The number of piperidine rings is 1. The predicted molar refractivity (Wildman–Crippen MR) is 89.2 cm³/mol. The van der Waals surface area contributed by atoms with Crippen LogP contribution in [0.4, 0.5) is 0 Å². The lowest BCUT2D eigenvalue weighted by molar-refractivity contribution is -0.153. The number of aliphatic carboxylic acids is 1. The van der Waals surface area contributed by atoms with Gasteiger partial charge < -0.3 is 9.67 Å². The third-order valence-electron chi connectivity index (χ3n) is 5.69. The van der Waals surface area contributed by atoms with E-state index in [0.717, 1.165) is 38.8 Å². The molecule has 5 nitrogen and oxygen atoms in total. The van der Waals surface area contributed by atoms with Crippen LogP contribution in [0.2, 0.25) is 0 Å². The fourth-order valence-electron chi connectivity index (χ4n) is 4.52. The Morgan fingerprint density at radius 2 is 2.17 bits per heavy atom. The summed E-state index contributed by atoms with van der Waals surface area (Å²) in [5, 5.41) is 9.75. The highest BCUT2D eigenvalue weighted by molar-refractivity contribution is 5.75. The Morgan fingerprint density at radius 3 is 2.87 bits per heavy atom. The van der Waals surface area contributed by atoms with Crippen molar-refractivity contribution in [3.63, 3.8) is 0 Å². The van der Waals surface area contributed by atoms with E-state index in [1.807, 2.05) is 12.5 Å².